The highest BCUT2D eigenvalue weighted by atomic mass is 16.5. The van der Waals surface area contributed by atoms with E-state index in [2.05, 4.69) is 9.80 Å². The highest BCUT2D eigenvalue weighted by Crippen LogP contribution is 2.25. The molecule has 104 valence electrons. The van der Waals surface area contributed by atoms with E-state index in [4.69, 9.17) is 10.5 Å². The molecule has 2 N–H and O–H groups in total. The number of piperazine rings is 1. The molecule has 0 aromatic carbocycles. The smallest absolute Gasteiger partial charge is 0.0659 e. The van der Waals surface area contributed by atoms with Crippen LogP contribution in [-0.2, 0) is 4.74 Å². The quantitative estimate of drug-likeness (QED) is 0.802. The van der Waals surface area contributed by atoms with Crippen molar-refractivity contribution >= 4 is 0 Å². The molecule has 18 heavy (non-hydrogen) atoms. The molecule has 3 rings (SSSR count). The average molecular weight is 253 g/mol. The van der Waals surface area contributed by atoms with Crippen molar-refractivity contribution in [2.75, 3.05) is 45.9 Å². The van der Waals surface area contributed by atoms with Crippen LogP contribution in [0, 0.1) is 0 Å². The van der Waals surface area contributed by atoms with Gasteiger partial charge in [0.15, 0.2) is 0 Å². The molecule has 4 nitrogen and oxygen atoms in total. The molecule has 0 aromatic rings. The second-order valence-electron chi connectivity index (χ2n) is 6.42. The first-order valence-electron chi connectivity index (χ1n) is 7.58. The van der Waals surface area contributed by atoms with Gasteiger partial charge >= 0.3 is 0 Å². The first-order valence-corrected chi connectivity index (χ1v) is 7.58. The summed E-state index contributed by atoms with van der Waals surface area (Å²) in [5.74, 6) is 0. The van der Waals surface area contributed by atoms with E-state index in [1.54, 1.807) is 0 Å². The van der Waals surface area contributed by atoms with Gasteiger partial charge < -0.3 is 10.5 Å². The van der Waals surface area contributed by atoms with Crippen LogP contribution in [0.4, 0.5) is 0 Å². The minimum atomic E-state index is -0.0739. The number of nitrogens with two attached hydrogens (primary N) is 1. The number of nitrogens with zero attached hydrogens (tertiary/aromatic N) is 2. The summed E-state index contributed by atoms with van der Waals surface area (Å²) in [6.45, 7) is 7.47. The van der Waals surface area contributed by atoms with Crippen LogP contribution in [0.1, 0.15) is 32.1 Å². The van der Waals surface area contributed by atoms with Gasteiger partial charge in [-0.3, -0.25) is 9.80 Å². The van der Waals surface area contributed by atoms with E-state index < -0.39 is 0 Å². The first-order chi connectivity index (χ1) is 8.75. The maximum Gasteiger partial charge on any atom is 0.0659 e. The first kappa shape index (κ1) is 12.9. The van der Waals surface area contributed by atoms with Crippen molar-refractivity contribution in [3.05, 3.63) is 0 Å². The molecule has 0 radical (unpaired) electrons. The summed E-state index contributed by atoms with van der Waals surface area (Å²) in [5, 5.41) is 0. The highest BCUT2D eigenvalue weighted by molar-refractivity contribution is 4.92. The average Bonchev–Trinajstić information content (AvgIpc) is 3.02. The Hall–Kier alpha value is -0.160. The normalized spacial score (nSPS) is 36.5. The summed E-state index contributed by atoms with van der Waals surface area (Å²) in [4.78, 5) is 5.25. The third kappa shape index (κ3) is 2.87. The monoisotopic (exact) mass is 253 g/mol. The maximum atomic E-state index is 6.37. The molecule has 2 saturated heterocycles. The Labute approximate surface area is 110 Å². The summed E-state index contributed by atoms with van der Waals surface area (Å²) in [5.41, 5.74) is 6.29. The fraction of sp³-hybridized carbons (Fsp3) is 1.00. The van der Waals surface area contributed by atoms with Gasteiger partial charge in [-0.15, -0.1) is 0 Å². The molecule has 1 saturated carbocycles. The molecule has 4 heteroatoms. The van der Waals surface area contributed by atoms with Crippen LogP contribution in [0.15, 0.2) is 0 Å². The Balaban J connectivity index is 1.45. The van der Waals surface area contributed by atoms with Gasteiger partial charge in [0, 0.05) is 45.4 Å². The molecule has 0 aromatic heterocycles. The van der Waals surface area contributed by atoms with Gasteiger partial charge in [-0.05, 0) is 19.3 Å². The van der Waals surface area contributed by atoms with Crippen LogP contribution in [0.5, 0.6) is 0 Å². The van der Waals surface area contributed by atoms with Gasteiger partial charge in [0.05, 0.1) is 12.1 Å². The van der Waals surface area contributed by atoms with Crippen LogP contribution < -0.4 is 5.73 Å². The van der Waals surface area contributed by atoms with Gasteiger partial charge in [-0.1, -0.05) is 12.8 Å². The molecule has 0 amide bonds. The van der Waals surface area contributed by atoms with Crippen molar-refractivity contribution in [2.45, 2.75) is 43.7 Å². The van der Waals surface area contributed by atoms with Crippen LogP contribution in [0.25, 0.3) is 0 Å². The fourth-order valence-electron chi connectivity index (χ4n) is 3.75. The van der Waals surface area contributed by atoms with Crippen LogP contribution in [0.3, 0.4) is 0 Å². The molecule has 1 atom stereocenters. The van der Waals surface area contributed by atoms with Crippen LogP contribution in [0.2, 0.25) is 0 Å². The zero-order valence-electron chi connectivity index (χ0n) is 11.4. The molecule has 3 aliphatic rings. The Bertz CT molecular complexity index is 264. The fourth-order valence-corrected chi connectivity index (χ4v) is 3.75. The molecule has 3 fully saturated rings. The summed E-state index contributed by atoms with van der Waals surface area (Å²) >= 11 is 0. The Morgan fingerprint density at radius 1 is 1.11 bits per heavy atom. The second-order valence-corrected chi connectivity index (χ2v) is 6.42. The van der Waals surface area contributed by atoms with Gasteiger partial charge in [-0.2, -0.15) is 0 Å². The predicted molar refractivity (Wildman–Crippen MR) is 72.6 cm³/mol. The van der Waals surface area contributed by atoms with Crippen LogP contribution in [-0.4, -0.2) is 67.3 Å². The van der Waals surface area contributed by atoms with Gasteiger partial charge in [0.25, 0.3) is 0 Å². The lowest BCUT2D eigenvalue weighted by molar-refractivity contribution is 0.0781. The molecule has 2 heterocycles. The van der Waals surface area contributed by atoms with Crippen molar-refractivity contribution in [3.63, 3.8) is 0 Å². The topological polar surface area (TPSA) is 41.7 Å². The number of rotatable bonds is 3. The zero-order chi connectivity index (χ0) is 12.4. The van der Waals surface area contributed by atoms with E-state index in [0.717, 1.165) is 32.2 Å². The summed E-state index contributed by atoms with van der Waals surface area (Å²) < 4.78 is 5.44. The third-order valence-electron chi connectivity index (χ3n) is 4.92. The standard InChI is InChI=1S/C14H27N3O/c15-14(5-10-18-12-14)11-16-6-8-17(9-7-16)13-3-1-2-4-13/h13H,1-12,15H2. The third-order valence-corrected chi connectivity index (χ3v) is 4.92. The lowest BCUT2D eigenvalue weighted by Gasteiger charge is -2.40. The summed E-state index contributed by atoms with van der Waals surface area (Å²) in [7, 11) is 0. The van der Waals surface area contributed by atoms with Crippen molar-refractivity contribution in [2.24, 2.45) is 5.73 Å². The van der Waals surface area contributed by atoms with Crippen LogP contribution >= 0.6 is 0 Å². The highest BCUT2D eigenvalue weighted by Gasteiger charge is 2.34. The van der Waals surface area contributed by atoms with E-state index in [1.807, 2.05) is 0 Å². The van der Waals surface area contributed by atoms with E-state index >= 15 is 0 Å². The van der Waals surface area contributed by atoms with Gasteiger partial charge in [0.2, 0.25) is 0 Å². The Kier molecular flexibility index (Phi) is 3.89. The van der Waals surface area contributed by atoms with Crippen molar-refractivity contribution in [1.82, 2.24) is 9.80 Å². The summed E-state index contributed by atoms with van der Waals surface area (Å²) in [6, 6.07) is 0.883. The number of hydrogen-bond acceptors (Lipinski definition) is 4. The number of ether oxygens (including phenoxy) is 1. The lowest BCUT2D eigenvalue weighted by atomic mass is 9.99. The molecule has 1 aliphatic carbocycles. The molecule has 0 bridgehead atoms. The van der Waals surface area contributed by atoms with Crippen molar-refractivity contribution in [3.8, 4) is 0 Å². The lowest BCUT2D eigenvalue weighted by Crippen LogP contribution is -2.56. The summed E-state index contributed by atoms with van der Waals surface area (Å²) in [6.07, 6.45) is 6.75. The van der Waals surface area contributed by atoms with Gasteiger partial charge in [0.1, 0.15) is 0 Å². The Morgan fingerprint density at radius 3 is 2.44 bits per heavy atom. The largest absolute Gasteiger partial charge is 0.379 e. The van der Waals surface area contributed by atoms with Gasteiger partial charge in [-0.25, -0.2) is 0 Å². The minimum absolute atomic E-state index is 0.0739. The minimum Gasteiger partial charge on any atom is -0.379 e. The molecule has 2 aliphatic heterocycles. The van der Waals surface area contributed by atoms with Crippen molar-refractivity contribution in [1.29, 1.82) is 0 Å². The molecular formula is C14H27N3O. The van der Waals surface area contributed by atoms with E-state index in [9.17, 15) is 0 Å². The van der Waals surface area contributed by atoms with Crippen molar-refractivity contribution < 1.29 is 4.74 Å². The van der Waals surface area contributed by atoms with E-state index in [0.29, 0.717) is 0 Å². The van der Waals surface area contributed by atoms with E-state index in [1.165, 1.54) is 51.9 Å². The number of hydrogen-bond donors (Lipinski definition) is 1. The zero-order valence-corrected chi connectivity index (χ0v) is 11.4. The maximum absolute atomic E-state index is 6.37. The molecular weight excluding hydrogens is 226 g/mol. The predicted octanol–water partition coefficient (Wildman–Crippen LogP) is 0.664. The Morgan fingerprint density at radius 2 is 1.83 bits per heavy atom. The SMILES string of the molecule is NC1(CN2CCN(C3CCCC3)CC2)CCOC1. The molecule has 1 unspecified atom stereocenters. The second kappa shape index (κ2) is 5.45. The molecule has 0 spiro atoms. The van der Waals surface area contributed by atoms with E-state index in [-0.39, 0.29) is 5.54 Å².